The molecule has 0 spiro atoms. The molecule has 7 heteroatoms. The summed E-state index contributed by atoms with van der Waals surface area (Å²) in [7, 11) is 0. The number of aromatic nitrogens is 2. The summed E-state index contributed by atoms with van der Waals surface area (Å²) in [6, 6.07) is 4.11. The number of aliphatic hydroxyl groups excluding tert-OH is 3. The van der Waals surface area contributed by atoms with Gasteiger partial charge in [0.25, 0.3) is 0 Å². The molecule has 4 atom stereocenters. The Morgan fingerprint density at radius 1 is 1.08 bits per heavy atom. The second-order valence-corrected chi connectivity index (χ2v) is 7.48. The average Bonchev–Trinajstić information content (AvgIpc) is 3.14. The quantitative estimate of drug-likeness (QED) is 0.762. The number of aryl methyl sites for hydroxylation is 2. The summed E-state index contributed by atoms with van der Waals surface area (Å²) >= 11 is 0. The highest BCUT2D eigenvalue weighted by atomic mass is 16.6. The average molecular weight is 361 g/mol. The van der Waals surface area contributed by atoms with Crippen LogP contribution in [-0.2, 0) is 4.74 Å². The van der Waals surface area contributed by atoms with Crippen molar-refractivity contribution in [3.8, 4) is 0 Å². The van der Waals surface area contributed by atoms with Crippen LogP contribution >= 0.6 is 0 Å². The maximum Gasteiger partial charge on any atom is 0.208 e. The Balaban J connectivity index is 1.86. The van der Waals surface area contributed by atoms with Gasteiger partial charge >= 0.3 is 0 Å². The third kappa shape index (κ3) is 2.79. The molecular formula is C19H27N3O4. The van der Waals surface area contributed by atoms with E-state index in [4.69, 9.17) is 9.72 Å². The van der Waals surface area contributed by atoms with Gasteiger partial charge in [-0.2, -0.15) is 0 Å². The zero-order chi connectivity index (χ0) is 18.4. The number of hydrogen-bond acceptors (Lipinski definition) is 6. The maximum atomic E-state index is 10.6. The van der Waals surface area contributed by atoms with Gasteiger partial charge in [-0.3, -0.25) is 4.57 Å². The first-order valence-corrected chi connectivity index (χ1v) is 9.38. The summed E-state index contributed by atoms with van der Waals surface area (Å²) in [4.78, 5) is 7.07. The molecule has 3 N–H and O–H groups in total. The first-order valence-electron chi connectivity index (χ1n) is 9.38. The third-order valence-corrected chi connectivity index (χ3v) is 5.70. The van der Waals surface area contributed by atoms with E-state index in [1.165, 1.54) is 6.42 Å². The Morgan fingerprint density at radius 3 is 2.42 bits per heavy atom. The Labute approximate surface area is 152 Å². The fourth-order valence-corrected chi connectivity index (χ4v) is 4.00. The lowest BCUT2D eigenvalue weighted by Crippen LogP contribution is -2.35. The van der Waals surface area contributed by atoms with E-state index in [1.54, 1.807) is 0 Å². The van der Waals surface area contributed by atoms with Gasteiger partial charge in [0.1, 0.15) is 18.3 Å². The van der Waals surface area contributed by atoms with Gasteiger partial charge in [-0.1, -0.05) is 0 Å². The summed E-state index contributed by atoms with van der Waals surface area (Å²) in [5.41, 5.74) is 4.03. The molecule has 3 heterocycles. The zero-order valence-electron chi connectivity index (χ0n) is 15.3. The van der Waals surface area contributed by atoms with Gasteiger partial charge in [0, 0.05) is 13.1 Å². The molecule has 2 saturated heterocycles. The molecular weight excluding hydrogens is 334 g/mol. The molecule has 1 aromatic carbocycles. The lowest BCUT2D eigenvalue weighted by Gasteiger charge is -2.30. The Morgan fingerprint density at radius 2 is 1.77 bits per heavy atom. The normalized spacial score (nSPS) is 29.7. The fraction of sp³-hybridized carbons (Fsp3) is 0.632. The van der Waals surface area contributed by atoms with Crippen molar-refractivity contribution in [1.29, 1.82) is 0 Å². The Bertz CT molecular complexity index is 800. The maximum absolute atomic E-state index is 10.6. The summed E-state index contributed by atoms with van der Waals surface area (Å²) in [5.74, 6) is 0.763. The largest absolute Gasteiger partial charge is 0.394 e. The van der Waals surface area contributed by atoms with Crippen LogP contribution in [0.15, 0.2) is 12.1 Å². The Kier molecular flexibility index (Phi) is 4.64. The van der Waals surface area contributed by atoms with E-state index in [9.17, 15) is 15.3 Å². The number of aliphatic hydroxyl groups is 3. The molecule has 142 valence electrons. The van der Waals surface area contributed by atoms with Crippen LogP contribution in [0.2, 0.25) is 0 Å². The number of piperidine rings is 1. The van der Waals surface area contributed by atoms with Crippen LogP contribution in [0.4, 0.5) is 5.95 Å². The summed E-state index contributed by atoms with van der Waals surface area (Å²) in [5, 5.41) is 30.2. The summed E-state index contributed by atoms with van der Waals surface area (Å²) in [6.45, 7) is 5.59. The molecule has 4 rings (SSSR count). The lowest BCUT2D eigenvalue weighted by atomic mass is 10.1. The molecule has 2 aliphatic rings. The van der Waals surface area contributed by atoms with Crippen molar-refractivity contribution in [3.63, 3.8) is 0 Å². The minimum atomic E-state index is -1.12. The van der Waals surface area contributed by atoms with Crippen molar-refractivity contribution in [2.24, 2.45) is 0 Å². The van der Waals surface area contributed by atoms with Crippen LogP contribution in [0.25, 0.3) is 11.0 Å². The molecule has 0 radical (unpaired) electrons. The van der Waals surface area contributed by atoms with Gasteiger partial charge in [0.2, 0.25) is 5.95 Å². The molecule has 0 bridgehead atoms. The SMILES string of the molecule is Cc1cc2nc(N3CCCCC3)n(C3OC(CO)C(O)C3O)c2cc1C. The summed E-state index contributed by atoms with van der Waals surface area (Å²) in [6.07, 6.45) is -0.380. The predicted molar refractivity (Wildman–Crippen MR) is 98.3 cm³/mol. The van der Waals surface area contributed by atoms with E-state index >= 15 is 0 Å². The monoisotopic (exact) mass is 361 g/mol. The predicted octanol–water partition coefficient (Wildman–Crippen LogP) is 1.25. The van der Waals surface area contributed by atoms with Crippen molar-refractivity contribution >= 4 is 17.0 Å². The van der Waals surface area contributed by atoms with Crippen LogP contribution in [0.3, 0.4) is 0 Å². The van der Waals surface area contributed by atoms with Crippen LogP contribution in [0, 0.1) is 13.8 Å². The van der Waals surface area contributed by atoms with Crippen molar-refractivity contribution in [3.05, 3.63) is 23.3 Å². The number of fused-ring (bicyclic) bond motifs is 1. The van der Waals surface area contributed by atoms with Gasteiger partial charge in [-0.15, -0.1) is 0 Å². The van der Waals surface area contributed by atoms with Crippen molar-refractivity contribution in [2.75, 3.05) is 24.6 Å². The molecule has 0 aliphatic carbocycles. The second kappa shape index (κ2) is 6.81. The second-order valence-electron chi connectivity index (χ2n) is 7.48. The van der Waals surface area contributed by atoms with E-state index < -0.39 is 24.5 Å². The topological polar surface area (TPSA) is 91.0 Å². The highest BCUT2D eigenvalue weighted by Gasteiger charge is 2.45. The molecule has 4 unspecified atom stereocenters. The minimum absolute atomic E-state index is 0.335. The number of hydrogen-bond donors (Lipinski definition) is 3. The van der Waals surface area contributed by atoms with E-state index in [-0.39, 0.29) is 6.61 Å². The number of rotatable bonds is 3. The van der Waals surface area contributed by atoms with Crippen LogP contribution in [-0.4, -0.2) is 62.9 Å². The van der Waals surface area contributed by atoms with Crippen LogP contribution in [0.5, 0.6) is 0 Å². The highest BCUT2D eigenvalue weighted by Crippen LogP contribution is 2.37. The molecule has 7 nitrogen and oxygen atoms in total. The number of ether oxygens (including phenoxy) is 1. The zero-order valence-corrected chi connectivity index (χ0v) is 15.3. The van der Waals surface area contributed by atoms with E-state index in [2.05, 4.69) is 24.0 Å². The van der Waals surface area contributed by atoms with Gasteiger partial charge in [0.05, 0.1) is 17.6 Å². The standard InChI is InChI=1S/C19H27N3O4/c1-11-8-13-14(9-12(11)2)22(18-17(25)16(24)15(10-23)26-18)19(20-13)21-6-4-3-5-7-21/h8-9,15-18,23-25H,3-7,10H2,1-2H3. The lowest BCUT2D eigenvalue weighted by molar-refractivity contribution is -0.0502. The molecule has 2 fully saturated rings. The van der Waals surface area contributed by atoms with Gasteiger partial charge < -0.3 is 25.0 Å². The Hall–Kier alpha value is -1.67. The van der Waals surface area contributed by atoms with Crippen molar-refractivity contribution in [1.82, 2.24) is 9.55 Å². The van der Waals surface area contributed by atoms with Crippen molar-refractivity contribution < 1.29 is 20.1 Å². The molecule has 0 amide bonds. The third-order valence-electron chi connectivity index (χ3n) is 5.70. The number of nitrogens with zero attached hydrogens (tertiary/aromatic N) is 3. The van der Waals surface area contributed by atoms with Crippen LogP contribution < -0.4 is 4.90 Å². The number of benzene rings is 1. The first kappa shape index (κ1) is 17.7. The van der Waals surface area contributed by atoms with E-state index in [0.717, 1.165) is 54.0 Å². The van der Waals surface area contributed by atoms with Gasteiger partial charge in [0.15, 0.2) is 6.23 Å². The molecule has 2 aliphatic heterocycles. The molecule has 2 aromatic rings. The molecule has 1 aromatic heterocycles. The van der Waals surface area contributed by atoms with E-state index in [0.29, 0.717) is 0 Å². The van der Waals surface area contributed by atoms with E-state index in [1.807, 2.05) is 11.5 Å². The summed E-state index contributed by atoms with van der Waals surface area (Å²) < 4.78 is 7.73. The van der Waals surface area contributed by atoms with Crippen LogP contribution in [0.1, 0.15) is 36.6 Å². The van der Waals surface area contributed by atoms with Gasteiger partial charge in [-0.05, 0) is 56.4 Å². The minimum Gasteiger partial charge on any atom is -0.394 e. The molecule has 0 saturated carbocycles. The fourth-order valence-electron chi connectivity index (χ4n) is 4.00. The highest BCUT2D eigenvalue weighted by molar-refractivity contribution is 5.81. The molecule has 26 heavy (non-hydrogen) atoms. The van der Waals surface area contributed by atoms with Crippen molar-refractivity contribution in [2.45, 2.75) is 57.6 Å². The van der Waals surface area contributed by atoms with Gasteiger partial charge in [-0.25, -0.2) is 4.98 Å². The number of anilines is 1. The first-order chi connectivity index (χ1) is 12.5. The smallest absolute Gasteiger partial charge is 0.208 e. The number of imidazole rings is 1.